The Morgan fingerprint density at radius 3 is 3.08 bits per heavy atom. The quantitative estimate of drug-likeness (QED) is 0.514. The van der Waals surface area contributed by atoms with Crippen molar-refractivity contribution in [2.24, 2.45) is 5.73 Å². The van der Waals surface area contributed by atoms with Crippen molar-refractivity contribution in [2.75, 3.05) is 20.3 Å². The van der Waals surface area contributed by atoms with Crippen molar-refractivity contribution in [3.8, 4) is 0 Å². The molecule has 0 bridgehead atoms. The fourth-order valence-corrected chi connectivity index (χ4v) is 1.04. The molecule has 74 valence electrons. The van der Waals surface area contributed by atoms with Crippen LogP contribution < -0.4 is 16.4 Å². The van der Waals surface area contributed by atoms with Gasteiger partial charge in [-0.05, 0) is 6.92 Å². The third-order valence-corrected chi connectivity index (χ3v) is 1.94. The summed E-state index contributed by atoms with van der Waals surface area (Å²) >= 11 is 0. The van der Waals surface area contributed by atoms with Crippen molar-refractivity contribution in [3.63, 3.8) is 0 Å². The van der Waals surface area contributed by atoms with Gasteiger partial charge in [-0.1, -0.05) is 0 Å². The summed E-state index contributed by atoms with van der Waals surface area (Å²) in [5, 5.41) is 5.80. The first kappa shape index (κ1) is 9.85. The second kappa shape index (κ2) is 4.13. The molecule has 5 heteroatoms. The third-order valence-electron chi connectivity index (χ3n) is 1.94. The number of rotatable bonds is 3. The molecular formula is C8H16N4O. The van der Waals surface area contributed by atoms with Crippen LogP contribution in [0.3, 0.4) is 0 Å². The van der Waals surface area contributed by atoms with E-state index in [1.54, 1.807) is 6.92 Å². The summed E-state index contributed by atoms with van der Waals surface area (Å²) in [7, 11) is 1.96. The van der Waals surface area contributed by atoms with Crippen molar-refractivity contribution >= 4 is 5.91 Å². The number of hydrogen-bond donors (Lipinski definition) is 3. The maximum Gasteiger partial charge on any atom is 0.236 e. The maximum absolute atomic E-state index is 11.1. The third kappa shape index (κ3) is 2.62. The molecule has 0 radical (unpaired) electrons. The van der Waals surface area contributed by atoms with Crippen LogP contribution in [0.5, 0.6) is 0 Å². The Bertz CT molecular complexity index is 224. The van der Waals surface area contributed by atoms with Crippen molar-refractivity contribution < 1.29 is 4.79 Å². The summed E-state index contributed by atoms with van der Waals surface area (Å²) in [6.45, 7) is 2.99. The average Bonchev–Trinajstić information content (AvgIpc) is 2.47. The second-order valence-corrected chi connectivity index (χ2v) is 3.20. The molecule has 1 heterocycles. The zero-order valence-electron chi connectivity index (χ0n) is 8.00. The molecule has 0 aromatic carbocycles. The van der Waals surface area contributed by atoms with E-state index in [-0.39, 0.29) is 5.91 Å². The second-order valence-electron chi connectivity index (χ2n) is 3.20. The smallest absolute Gasteiger partial charge is 0.236 e. The molecule has 1 aliphatic rings. The van der Waals surface area contributed by atoms with E-state index in [2.05, 4.69) is 10.6 Å². The molecule has 0 aromatic rings. The molecule has 0 spiro atoms. The Kier molecular flexibility index (Phi) is 3.13. The Balaban J connectivity index is 2.30. The van der Waals surface area contributed by atoms with Crippen LogP contribution >= 0.6 is 0 Å². The molecule has 1 rings (SSSR count). The fraction of sp³-hybridized carbons (Fsp3) is 0.625. The molecule has 0 saturated heterocycles. The molecule has 0 fully saturated rings. The Morgan fingerprint density at radius 2 is 2.62 bits per heavy atom. The molecular weight excluding hydrogens is 168 g/mol. The van der Waals surface area contributed by atoms with E-state index in [0.29, 0.717) is 6.54 Å². The van der Waals surface area contributed by atoms with Gasteiger partial charge in [-0.15, -0.1) is 0 Å². The highest BCUT2D eigenvalue weighted by atomic mass is 16.2. The molecule has 1 aliphatic heterocycles. The zero-order chi connectivity index (χ0) is 9.84. The lowest BCUT2D eigenvalue weighted by Crippen LogP contribution is -2.40. The monoisotopic (exact) mass is 184 g/mol. The number of carbonyl (C=O) groups is 1. The predicted molar refractivity (Wildman–Crippen MR) is 50.5 cm³/mol. The van der Waals surface area contributed by atoms with Gasteiger partial charge in [-0.2, -0.15) is 0 Å². The summed E-state index contributed by atoms with van der Waals surface area (Å²) in [6.07, 6.45) is 1.89. The van der Waals surface area contributed by atoms with E-state index in [4.69, 9.17) is 5.73 Å². The zero-order valence-corrected chi connectivity index (χ0v) is 8.00. The van der Waals surface area contributed by atoms with Crippen LogP contribution in [0.4, 0.5) is 0 Å². The van der Waals surface area contributed by atoms with Gasteiger partial charge >= 0.3 is 0 Å². The van der Waals surface area contributed by atoms with Crippen molar-refractivity contribution in [1.29, 1.82) is 0 Å². The van der Waals surface area contributed by atoms with Gasteiger partial charge < -0.3 is 21.3 Å². The highest BCUT2D eigenvalue weighted by molar-refractivity contribution is 5.81. The number of nitrogens with one attached hydrogen (secondary N) is 2. The van der Waals surface area contributed by atoms with Gasteiger partial charge in [0.15, 0.2) is 0 Å². The first-order valence-corrected chi connectivity index (χ1v) is 4.28. The van der Waals surface area contributed by atoms with Gasteiger partial charge in [0, 0.05) is 18.9 Å². The Hall–Kier alpha value is -1.23. The van der Waals surface area contributed by atoms with Gasteiger partial charge in [-0.25, -0.2) is 0 Å². The first-order valence-electron chi connectivity index (χ1n) is 4.28. The van der Waals surface area contributed by atoms with Crippen molar-refractivity contribution in [3.05, 3.63) is 11.9 Å². The van der Waals surface area contributed by atoms with E-state index in [9.17, 15) is 4.79 Å². The van der Waals surface area contributed by atoms with Gasteiger partial charge in [0.2, 0.25) is 5.91 Å². The SMILES string of the molecule is C[C@@H](N)C(=O)NCC1=CNCN1C. The minimum absolute atomic E-state index is 0.124. The summed E-state index contributed by atoms with van der Waals surface area (Å²) in [6, 6.07) is -0.444. The highest BCUT2D eigenvalue weighted by Gasteiger charge is 2.12. The van der Waals surface area contributed by atoms with E-state index in [1.807, 2.05) is 18.1 Å². The molecule has 0 unspecified atom stereocenters. The molecule has 1 atom stereocenters. The van der Waals surface area contributed by atoms with Crippen LogP contribution in [0.15, 0.2) is 11.9 Å². The molecule has 0 aromatic heterocycles. The van der Waals surface area contributed by atoms with Crippen molar-refractivity contribution in [1.82, 2.24) is 15.5 Å². The molecule has 0 aliphatic carbocycles. The molecule has 5 nitrogen and oxygen atoms in total. The molecule has 0 saturated carbocycles. The van der Waals surface area contributed by atoms with Crippen LogP contribution in [-0.4, -0.2) is 37.1 Å². The maximum atomic E-state index is 11.1. The lowest BCUT2D eigenvalue weighted by Gasteiger charge is -2.15. The number of nitrogens with zero attached hydrogens (tertiary/aromatic N) is 1. The van der Waals surface area contributed by atoms with Crippen LogP contribution in [0, 0.1) is 0 Å². The van der Waals surface area contributed by atoms with E-state index >= 15 is 0 Å². The average molecular weight is 184 g/mol. The van der Waals surface area contributed by atoms with E-state index in [1.165, 1.54) is 0 Å². The largest absolute Gasteiger partial charge is 0.372 e. The van der Waals surface area contributed by atoms with Gasteiger partial charge in [-0.3, -0.25) is 4.79 Å². The Morgan fingerprint density at radius 1 is 1.92 bits per heavy atom. The minimum atomic E-state index is -0.444. The van der Waals surface area contributed by atoms with E-state index in [0.717, 1.165) is 12.4 Å². The normalized spacial score (nSPS) is 17.8. The topological polar surface area (TPSA) is 70.4 Å². The fourth-order valence-electron chi connectivity index (χ4n) is 1.04. The van der Waals surface area contributed by atoms with Crippen molar-refractivity contribution in [2.45, 2.75) is 13.0 Å². The van der Waals surface area contributed by atoms with E-state index < -0.39 is 6.04 Å². The van der Waals surface area contributed by atoms with Gasteiger partial charge in [0.1, 0.15) is 0 Å². The lowest BCUT2D eigenvalue weighted by molar-refractivity contribution is -0.121. The summed E-state index contributed by atoms with van der Waals surface area (Å²) in [5.74, 6) is -0.124. The first-order chi connectivity index (χ1) is 6.11. The number of hydrogen-bond acceptors (Lipinski definition) is 4. The molecule has 4 N–H and O–H groups in total. The van der Waals surface area contributed by atoms with Crippen LogP contribution in [0.1, 0.15) is 6.92 Å². The van der Waals surface area contributed by atoms with Gasteiger partial charge in [0.05, 0.1) is 19.3 Å². The van der Waals surface area contributed by atoms with Gasteiger partial charge in [0.25, 0.3) is 0 Å². The number of likely N-dealkylation sites (N-methyl/N-ethyl adjacent to an activating group) is 1. The number of nitrogens with two attached hydrogens (primary N) is 1. The van der Waals surface area contributed by atoms with Crippen LogP contribution in [0.2, 0.25) is 0 Å². The summed E-state index contributed by atoms with van der Waals surface area (Å²) in [5.41, 5.74) is 6.46. The molecule has 13 heavy (non-hydrogen) atoms. The standard InChI is InChI=1S/C8H16N4O/c1-6(9)8(13)11-4-7-3-10-5-12(7)2/h3,6,10H,4-5,9H2,1-2H3,(H,11,13)/t6-/m1/s1. The lowest BCUT2D eigenvalue weighted by atomic mass is 10.3. The predicted octanol–water partition coefficient (Wildman–Crippen LogP) is -1.22. The van der Waals surface area contributed by atoms with Crippen LogP contribution in [0.25, 0.3) is 0 Å². The summed E-state index contributed by atoms with van der Waals surface area (Å²) < 4.78 is 0. The minimum Gasteiger partial charge on any atom is -0.372 e. The number of amides is 1. The summed E-state index contributed by atoms with van der Waals surface area (Å²) in [4.78, 5) is 13.1. The highest BCUT2D eigenvalue weighted by Crippen LogP contribution is 2.02. The Labute approximate surface area is 78.0 Å². The molecule has 1 amide bonds. The van der Waals surface area contributed by atoms with Crippen LogP contribution in [-0.2, 0) is 4.79 Å². The number of carbonyl (C=O) groups excluding carboxylic acids is 1.